The minimum Gasteiger partial charge on any atom is -0.454 e. The highest BCUT2D eigenvalue weighted by Gasteiger charge is 2.21. The second kappa shape index (κ2) is 6.46. The van der Waals surface area contributed by atoms with Gasteiger partial charge in [-0.3, -0.25) is 0 Å². The Kier molecular flexibility index (Phi) is 4.41. The van der Waals surface area contributed by atoms with Crippen molar-refractivity contribution in [3.63, 3.8) is 0 Å². The predicted molar refractivity (Wildman–Crippen MR) is 84.1 cm³/mol. The molecule has 1 atom stereocenters. The molecule has 5 heteroatoms. The van der Waals surface area contributed by atoms with Crippen LogP contribution in [0.4, 0.5) is 4.79 Å². The van der Waals surface area contributed by atoms with E-state index in [4.69, 9.17) is 9.47 Å². The molecular weight excluding hydrogens is 280 g/mol. The van der Waals surface area contributed by atoms with E-state index in [1.165, 1.54) is 12.8 Å². The van der Waals surface area contributed by atoms with Crippen LogP contribution in [-0.2, 0) is 0 Å². The minimum atomic E-state index is -0.0929. The van der Waals surface area contributed by atoms with E-state index in [2.05, 4.69) is 17.6 Å². The van der Waals surface area contributed by atoms with Gasteiger partial charge in [0, 0.05) is 6.04 Å². The van der Waals surface area contributed by atoms with E-state index < -0.39 is 0 Å². The molecule has 5 nitrogen and oxygen atoms in total. The summed E-state index contributed by atoms with van der Waals surface area (Å²) in [6.07, 6.45) is 4.55. The van der Waals surface area contributed by atoms with Crippen molar-refractivity contribution in [3.05, 3.63) is 23.8 Å². The number of benzene rings is 1. The molecule has 0 bridgehead atoms. The Labute approximate surface area is 131 Å². The van der Waals surface area contributed by atoms with Gasteiger partial charge in [-0.2, -0.15) is 0 Å². The molecule has 2 aliphatic rings. The summed E-state index contributed by atoms with van der Waals surface area (Å²) >= 11 is 0. The standard InChI is InChI=1S/C17H24N2O3/c1-11-3-6-14(7-4-11)19-17(20)18-12(2)13-5-8-15-16(9-13)22-10-21-15/h5,8-9,11-12,14H,3-4,6-7,10H2,1-2H3,(H2,18,19,20). The molecule has 1 aromatic rings. The number of hydrogen-bond acceptors (Lipinski definition) is 3. The number of ether oxygens (including phenoxy) is 2. The van der Waals surface area contributed by atoms with E-state index in [1.807, 2.05) is 25.1 Å². The van der Waals surface area contributed by atoms with Crippen LogP contribution in [0.25, 0.3) is 0 Å². The first kappa shape index (κ1) is 15.0. The third kappa shape index (κ3) is 3.46. The normalized spacial score (nSPS) is 24.6. The highest BCUT2D eigenvalue weighted by molar-refractivity contribution is 5.74. The Hall–Kier alpha value is -1.91. The molecule has 2 N–H and O–H groups in total. The summed E-state index contributed by atoms with van der Waals surface area (Å²) in [6, 6.07) is 5.91. The van der Waals surface area contributed by atoms with Gasteiger partial charge < -0.3 is 20.1 Å². The highest BCUT2D eigenvalue weighted by atomic mass is 16.7. The van der Waals surface area contributed by atoms with Gasteiger partial charge in [-0.1, -0.05) is 13.0 Å². The predicted octanol–water partition coefficient (Wildman–Crippen LogP) is 3.35. The molecule has 0 aromatic heterocycles. The Morgan fingerprint density at radius 3 is 2.68 bits per heavy atom. The Morgan fingerprint density at radius 1 is 1.18 bits per heavy atom. The first-order valence-electron chi connectivity index (χ1n) is 8.08. The van der Waals surface area contributed by atoms with Crippen LogP contribution in [0.2, 0.25) is 0 Å². The van der Waals surface area contributed by atoms with E-state index in [9.17, 15) is 4.79 Å². The van der Waals surface area contributed by atoms with E-state index in [0.717, 1.165) is 35.8 Å². The van der Waals surface area contributed by atoms with Gasteiger partial charge in [0.2, 0.25) is 6.79 Å². The molecule has 0 saturated heterocycles. The van der Waals surface area contributed by atoms with Crippen molar-refractivity contribution >= 4 is 6.03 Å². The number of hydrogen-bond donors (Lipinski definition) is 2. The maximum atomic E-state index is 12.1. The molecule has 1 fully saturated rings. The maximum Gasteiger partial charge on any atom is 0.315 e. The molecule has 3 rings (SSSR count). The number of urea groups is 1. The number of amides is 2. The SMILES string of the molecule is CC1CCC(NC(=O)NC(C)c2ccc3c(c2)OCO3)CC1. The Balaban J connectivity index is 1.52. The lowest BCUT2D eigenvalue weighted by atomic mass is 9.87. The zero-order chi connectivity index (χ0) is 15.5. The van der Waals surface area contributed by atoms with Crippen molar-refractivity contribution in [1.29, 1.82) is 0 Å². The number of carbonyl (C=O) groups excluding carboxylic acids is 1. The van der Waals surface area contributed by atoms with Crippen molar-refractivity contribution in [3.8, 4) is 11.5 Å². The summed E-state index contributed by atoms with van der Waals surface area (Å²) in [6.45, 7) is 4.51. The van der Waals surface area contributed by atoms with E-state index >= 15 is 0 Å². The van der Waals surface area contributed by atoms with Crippen LogP contribution in [0.15, 0.2) is 18.2 Å². The van der Waals surface area contributed by atoms with Crippen molar-refractivity contribution < 1.29 is 14.3 Å². The molecule has 2 amide bonds. The highest BCUT2D eigenvalue weighted by Crippen LogP contribution is 2.34. The summed E-state index contributed by atoms with van der Waals surface area (Å²) in [5.74, 6) is 2.29. The lowest BCUT2D eigenvalue weighted by molar-refractivity contribution is 0.174. The fourth-order valence-corrected chi connectivity index (χ4v) is 3.09. The molecule has 120 valence electrons. The van der Waals surface area contributed by atoms with Crippen molar-refractivity contribution in [2.24, 2.45) is 5.92 Å². The summed E-state index contributed by atoms with van der Waals surface area (Å²) in [7, 11) is 0. The van der Waals surface area contributed by atoms with Crippen LogP contribution in [0.3, 0.4) is 0 Å². The first-order valence-corrected chi connectivity index (χ1v) is 8.08. The van der Waals surface area contributed by atoms with Crippen LogP contribution in [-0.4, -0.2) is 18.9 Å². The monoisotopic (exact) mass is 304 g/mol. The van der Waals surface area contributed by atoms with Crippen LogP contribution in [0, 0.1) is 5.92 Å². The quantitative estimate of drug-likeness (QED) is 0.900. The molecule has 22 heavy (non-hydrogen) atoms. The van der Waals surface area contributed by atoms with Crippen molar-refractivity contribution in [1.82, 2.24) is 10.6 Å². The average molecular weight is 304 g/mol. The maximum absolute atomic E-state index is 12.1. The number of carbonyl (C=O) groups is 1. The van der Waals surface area contributed by atoms with Crippen LogP contribution < -0.4 is 20.1 Å². The van der Waals surface area contributed by atoms with Gasteiger partial charge >= 0.3 is 6.03 Å². The van der Waals surface area contributed by atoms with E-state index in [-0.39, 0.29) is 18.9 Å². The van der Waals surface area contributed by atoms with Crippen molar-refractivity contribution in [2.45, 2.75) is 51.6 Å². The number of fused-ring (bicyclic) bond motifs is 1. The van der Waals surface area contributed by atoms with Crippen molar-refractivity contribution in [2.75, 3.05) is 6.79 Å². The fourth-order valence-electron chi connectivity index (χ4n) is 3.09. The van der Waals surface area contributed by atoms with Crippen LogP contribution in [0.1, 0.15) is 51.1 Å². The van der Waals surface area contributed by atoms with Gasteiger partial charge in [-0.15, -0.1) is 0 Å². The third-order valence-electron chi connectivity index (χ3n) is 4.60. The lowest BCUT2D eigenvalue weighted by Crippen LogP contribution is -2.44. The molecule has 0 radical (unpaired) electrons. The van der Waals surface area contributed by atoms with Gasteiger partial charge in [0.25, 0.3) is 0 Å². The molecule has 1 aliphatic heterocycles. The van der Waals surface area contributed by atoms with Crippen LogP contribution >= 0.6 is 0 Å². The first-order chi connectivity index (χ1) is 10.6. The minimum absolute atomic E-state index is 0.0722. The smallest absolute Gasteiger partial charge is 0.315 e. The largest absolute Gasteiger partial charge is 0.454 e. The fraction of sp³-hybridized carbons (Fsp3) is 0.588. The van der Waals surface area contributed by atoms with Gasteiger partial charge in [0.1, 0.15) is 0 Å². The molecule has 1 unspecified atom stereocenters. The zero-order valence-electron chi connectivity index (χ0n) is 13.2. The van der Waals surface area contributed by atoms with Gasteiger partial charge in [-0.25, -0.2) is 4.79 Å². The second-order valence-corrected chi connectivity index (χ2v) is 6.41. The average Bonchev–Trinajstić information content (AvgIpc) is 2.97. The summed E-state index contributed by atoms with van der Waals surface area (Å²) in [5.41, 5.74) is 1.01. The van der Waals surface area contributed by atoms with Gasteiger partial charge in [0.15, 0.2) is 11.5 Å². The second-order valence-electron chi connectivity index (χ2n) is 6.41. The summed E-state index contributed by atoms with van der Waals surface area (Å²) in [4.78, 5) is 12.1. The van der Waals surface area contributed by atoms with E-state index in [1.54, 1.807) is 0 Å². The van der Waals surface area contributed by atoms with E-state index in [0.29, 0.717) is 6.04 Å². The molecule has 0 spiro atoms. The molecule has 1 aliphatic carbocycles. The van der Waals surface area contributed by atoms with Crippen LogP contribution in [0.5, 0.6) is 11.5 Å². The molecule has 1 heterocycles. The van der Waals surface area contributed by atoms with Gasteiger partial charge in [-0.05, 0) is 56.2 Å². The summed E-state index contributed by atoms with van der Waals surface area (Å²) < 4.78 is 10.7. The topological polar surface area (TPSA) is 59.6 Å². The number of rotatable bonds is 3. The van der Waals surface area contributed by atoms with Gasteiger partial charge in [0.05, 0.1) is 6.04 Å². The number of nitrogens with one attached hydrogen (secondary N) is 2. The third-order valence-corrected chi connectivity index (χ3v) is 4.60. The molecule has 1 saturated carbocycles. The zero-order valence-corrected chi connectivity index (χ0v) is 13.2. The summed E-state index contributed by atoms with van der Waals surface area (Å²) in [5, 5.41) is 6.09. The Morgan fingerprint density at radius 2 is 1.91 bits per heavy atom. The molecule has 1 aromatic carbocycles. The Bertz CT molecular complexity index is 539. The lowest BCUT2D eigenvalue weighted by Gasteiger charge is -2.27. The molecular formula is C17H24N2O3.